The lowest BCUT2D eigenvalue weighted by Gasteiger charge is -2.15. The molecule has 2 N–H and O–H groups in total. The van der Waals surface area contributed by atoms with Crippen molar-refractivity contribution in [1.82, 2.24) is 15.5 Å². The number of hydrogen-bond donors (Lipinski definition) is 2. The van der Waals surface area contributed by atoms with Crippen molar-refractivity contribution in [2.75, 3.05) is 26.7 Å². The second-order valence-corrected chi connectivity index (χ2v) is 4.37. The molecule has 0 aromatic carbocycles. The minimum Gasteiger partial charge on any atom is -0.351 e. The van der Waals surface area contributed by atoms with Crippen LogP contribution in [0.1, 0.15) is 12.8 Å². The van der Waals surface area contributed by atoms with Crippen LogP contribution in [-0.4, -0.2) is 49.4 Å². The molecular weight excluding hydrogens is 230 g/mol. The Balaban J connectivity index is 0.00000128. The predicted molar refractivity (Wildman–Crippen MR) is 62.4 cm³/mol. The summed E-state index contributed by atoms with van der Waals surface area (Å²) in [4.78, 5) is 24.6. The van der Waals surface area contributed by atoms with Gasteiger partial charge in [-0.2, -0.15) is 0 Å². The van der Waals surface area contributed by atoms with E-state index < -0.39 is 0 Å². The molecule has 0 bridgehead atoms. The Morgan fingerprint density at radius 2 is 2.31 bits per heavy atom. The van der Waals surface area contributed by atoms with E-state index in [1.165, 1.54) is 0 Å². The molecule has 0 aromatic rings. The van der Waals surface area contributed by atoms with Gasteiger partial charge in [-0.25, -0.2) is 0 Å². The molecule has 0 radical (unpaired) electrons. The summed E-state index contributed by atoms with van der Waals surface area (Å²) in [6.07, 6.45) is 1.35. The number of hydrogen-bond acceptors (Lipinski definition) is 3. The number of nitrogens with one attached hydrogen (secondary N) is 2. The normalized spacial score (nSPS) is 29.1. The van der Waals surface area contributed by atoms with Gasteiger partial charge in [0.15, 0.2) is 0 Å². The lowest BCUT2D eigenvalue weighted by Crippen LogP contribution is -2.40. The summed E-state index contributed by atoms with van der Waals surface area (Å²) in [7, 11) is 1.77. The fourth-order valence-electron chi connectivity index (χ4n) is 2.16. The van der Waals surface area contributed by atoms with Crippen LogP contribution in [0.4, 0.5) is 0 Å². The van der Waals surface area contributed by atoms with E-state index in [2.05, 4.69) is 10.6 Å². The number of likely N-dealkylation sites (tertiary alicyclic amines) is 1. The van der Waals surface area contributed by atoms with E-state index in [0.29, 0.717) is 13.0 Å². The highest BCUT2D eigenvalue weighted by atomic mass is 35.5. The summed E-state index contributed by atoms with van der Waals surface area (Å²) < 4.78 is 0. The van der Waals surface area contributed by atoms with Gasteiger partial charge in [-0.15, -0.1) is 12.4 Å². The van der Waals surface area contributed by atoms with Gasteiger partial charge in [0.05, 0.1) is 12.0 Å². The van der Waals surface area contributed by atoms with Gasteiger partial charge in [0, 0.05) is 26.6 Å². The number of likely N-dealkylation sites (N-methyl/N-ethyl adjacent to an activating group) is 1. The predicted octanol–water partition coefficient (Wildman–Crippen LogP) is -0.635. The maximum absolute atomic E-state index is 11.7. The summed E-state index contributed by atoms with van der Waals surface area (Å²) in [5, 5.41) is 6.10. The quantitative estimate of drug-likeness (QED) is 0.683. The Labute approximate surface area is 101 Å². The van der Waals surface area contributed by atoms with Crippen molar-refractivity contribution >= 4 is 24.2 Å². The van der Waals surface area contributed by atoms with Gasteiger partial charge in [0.1, 0.15) is 0 Å². The third kappa shape index (κ3) is 2.86. The molecule has 6 heteroatoms. The third-order valence-electron chi connectivity index (χ3n) is 3.12. The van der Waals surface area contributed by atoms with E-state index in [9.17, 15) is 9.59 Å². The van der Waals surface area contributed by atoms with Crippen LogP contribution in [0.3, 0.4) is 0 Å². The van der Waals surface area contributed by atoms with E-state index in [1.54, 1.807) is 11.9 Å². The standard InChI is InChI=1S/C10H17N3O2.ClH/c1-13-6-8(4-9(13)14)12-10(15)7-2-3-11-5-7;/h7-8,11H,2-6H2,1H3,(H,12,15);1H. The number of nitrogens with zero attached hydrogens (tertiary/aromatic N) is 1. The molecule has 2 rings (SSSR count). The summed E-state index contributed by atoms with van der Waals surface area (Å²) in [5.41, 5.74) is 0. The van der Waals surface area contributed by atoms with Crippen molar-refractivity contribution < 1.29 is 9.59 Å². The van der Waals surface area contributed by atoms with Crippen molar-refractivity contribution in [2.24, 2.45) is 5.92 Å². The molecule has 2 unspecified atom stereocenters. The zero-order chi connectivity index (χ0) is 10.8. The Kier molecular flexibility index (Phi) is 4.56. The zero-order valence-corrected chi connectivity index (χ0v) is 10.2. The Morgan fingerprint density at radius 3 is 2.81 bits per heavy atom. The van der Waals surface area contributed by atoms with Gasteiger partial charge in [-0.3, -0.25) is 9.59 Å². The maximum Gasteiger partial charge on any atom is 0.224 e. The highest BCUT2D eigenvalue weighted by molar-refractivity contribution is 5.85. The number of carbonyl (C=O) groups is 2. The minimum absolute atomic E-state index is 0. The van der Waals surface area contributed by atoms with Gasteiger partial charge in [-0.05, 0) is 13.0 Å². The summed E-state index contributed by atoms with van der Waals surface area (Å²) in [6.45, 7) is 2.33. The summed E-state index contributed by atoms with van der Waals surface area (Å²) in [6, 6.07) is 0.00981. The third-order valence-corrected chi connectivity index (χ3v) is 3.12. The van der Waals surface area contributed by atoms with Crippen molar-refractivity contribution in [3.8, 4) is 0 Å². The molecule has 16 heavy (non-hydrogen) atoms. The average molecular weight is 248 g/mol. The smallest absolute Gasteiger partial charge is 0.224 e. The fourth-order valence-corrected chi connectivity index (χ4v) is 2.16. The highest BCUT2D eigenvalue weighted by Crippen LogP contribution is 2.12. The van der Waals surface area contributed by atoms with Crippen LogP contribution in [0, 0.1) is 5.92 Å². The molecule has 2 aliphatic rings. The topological polar surface area (TPSA) is 61.4 Å². The molecule has 2 heterocycles. The first-order valence-electron chi connectivity index (χ1n) is 5.42. The number of halogens is 1. The molecule has 2 amide bonds. The Hall–Kier alpha value is -0.810. The number of carbonyl (C=O) groups excluding carboxylic acids is 2. The van der Waals surface area contributed by atoms with E-state index in [1.807, 2.05) is 0 Å². The van der Waals surface area contributed by atoms with E-state index in [0.717, 1.165) is 19.5 Å². The number of amides is 2. The van der Waals surface area contributed by atoms with Gasteiger partial charge in [0.2, 0.25) is 11.8 Å². The molecule has 2 fully saturated rings. The second-order valence-electron chi connectivity index (χ2n) is 4.37. The molecular formula is C10H18ClN3O2. The molecule has 0 spiro atoms. The van der Waals surface area contributed by atoms with Gasteiger partial charge in [-0.1, -0.05) is 0 Å². The van der Waals surface area contributed by atoms with E-state index in [4.69, 9.17) is 0 Å². The first-order valence-corrected chi connectivity index (χ1v) is 5.42. The zero-order valence-electron chi connectivity index (χ0n) is 9.36. The summed E-state index contributed by atoms with van der Waals surface area (Å²) >= 11 is 0. The lowest BCUT2D eigenvalue weighted by molar-refractivity contribution is -0.126. The molecule has 5 nitrogen and oxygen atoms in total. The second kappa shape index (κ2) is 5.50. The molecule has 0 aromatic heterocycles. The molecule has 2 aliphatic heterocycles. The average Bonchev–Trinajstić information content (AvgIpc) is 2.77. The van der Waals surface area contributed by atoms with Crippen LogP contribution < -0.4 is 10.6 Å². The number of rotatable bonds is 2. The SMILES string of the molecule is CN1CC(NC(=O)C2CCNC2)CC1=O.Cl. The first kappa shape index (κ1) is 13.3. The van der Waals surface area contributed by atoms with E-state index in [-0.39, 0.29) is 36.2 Å². The van der Waals surface area contributed by atoms with Gasteiger partial charge in [0.25, 0.3) is 0 Å². The van der Waals surface area contributed by atoms with Crippen LogP contribution in [0.15, 0.2) is 0 Å². The Bertz CT molecular complexity index is 279. The van der Waals surface area contributed by atoms with Crippen molar-refractivity contribution in [1.29, 1.82) is 0 Å². The fraction of sp³-hybridized carbons (Fsp3) is 0.800. The van der Waals surface area contributed by atoms with E-state index >= 15 is 0 Å². The molecule has 2 atom stereocenters. The lowest BCUT2D eigenvalue weighted by atomic mass is 10.1. The van der Waals surface area contributed by atoms with Crippen LogP contribution in [-0.2, 0) is 9.59 Å². The first-order chi connectivity index (χ1) is 7.16. The molecule has 0 saturated carbocycles. The highest BCUT2D eigenvalue weighted by Gasteiger charge is 2.30. The Morgan fingerprint density at radius 1 is 1.56 bits per heavy atom. The van der Waals surface area contributed by atoms with Gasteiger partial charge >= 0.3 is 0 Å². The van der Waals surface area contributed by atoms with Crippen molar-refractivity contribution in [3.05, 3.63) is 0 Å². The van der Waals surface area contributed by atoms with Crippen LogP contribution in [0.5, 0.6) is 0 Å². The largest absolute Gasteiger partial charge is 0.351 e. The minimum atomic E-state index is 0. The molecule has 2 saturated heterocycles. The van der Waals surface area contributed by atoms with Crippen LogP contribution in [0.25, 0.3) is 0 Å². The molecule has 0 aliphatic carbocycles. The van der Waals surface area contributed by atoms with Crippen LogP contribution >= 0.6 is 12.4 Å². The maximum atomic E-state index is 11.7. The monoisotopic (exact) mass is 247 g/mol. The van der Waals surface area contributed by atoms with Crippen LogP contribution in [0.2, 0.25) is 0 Å². The summed E-state index contributed by atoms with van der Waals surface area (Å²) in [5.74, 6) is 0.295. The van der Waals surface area contributed by atoms with Crippen molar-refractivity contribution in [3.63, 3.8) is 0 Å². The molecule has 92 valence electrons. The van der Waals surface area contributed by atoms with Gasteiger partial charge < -0.3 is 15.5 Å². The van der Waals surface area contributed by atoms with Crippen molar-refractivity contribution in [2.45, 2.75) is 18.9 Å².